The molecule has 0 aromatic heterocycles. The lowest BCUT2D eigenvalue weighted by atomic mass is 10.0. The largest absolute Gasteiger partial charge is 0.390 e. The number of benzene rings is 2. The van der Waals surface area contributed by atoms with Crippen LogP contribution in [0.25, 0.3) is 0 Å². The van der Waals surface area contributed by atoms with Gasteiger partial charge in [0.1, 0.15) is 0 Å². The van der Waals surface area contributed by atoms with Gasteiger partial charge in [-0.05, 0) is 36.9 Å². The van der Waals surface area contributed by atoms with Crippen LogP contribution in [0.3, 0.4) is 0 Å². The number of hydrogen-bond acceptors (Lipinski definition) is 4. The first-order valence-corrected chi connectivity index (χ1v) is 9.67. The fraction of sp³-hybridized carbons (Fsp3) is 0.409. The number of amides is 1. The van der Waals surface area contributed by atoms with E-state index in [1.165, 1.54) is 5.56 Å². The monoisotopic (exact) mass is 367 g/mol. The Bertz CT molecular complexity index is 708. The number of hydrogen-bond donors (Lipinski definition) is 3. The van der Waals surface area contributed by atoms with E-state index in [1.807, 2.05) is 48.5 Å². The number of aliphatic hydroxyl groups excluding tert-OH is 1. The molecule has 0 saturated carbocycles. The van der Waals surface area contributed by atoms with Gasteiger partial charge in [-0.15, -0.1) is 0 Å². The summed E-state index contributed by atoms with van der Waals surface area (Å²) in [5.41, 5.74) is 8.40. The van der Waals surface area contributed by atoms with Crippen molar-refractivity contribution in [3.8, 4) is 0 Å². The molecule has 4 N–H and O–H groups in total. The predicted molar refractivity (Wildman–Crippen MR) is 107 cm³/mol. The average molecular weight is 367 g/mol. The van der Waals surface area contributed by atoms with Gasteiger partial charge in [-0.3, -0.25) is 9.69 Å². The van der Waals surface area contributed by atoms with Crippen molar-refractivity contribution in [1.82, 2.24) is 10.2 Å². The van der Waals surface area contributed by atoms with Crippen LogP contribution in [0.2, 0.25) is 0 Å². The van der Waals surface area contributed by atoms with Crippen molar-refractivity contribution < 1.29 is 9.90 Å². The molecular formula is C22H29N3O2. The Morgan fingerprint density at radius 2 is 1.74 bits per heavy atom. The molecule has 0 bridgehead atoms. The van der Waals surface area contributed by atoms with Gasteiger partial charge in [-0.2, -0.15) is 0 Å². The Balaban J connectivity index is 1.47. The van der Waals surface area contributed by atoms with Crippen LogP contribution in [0, 0.1) is 0 Å². The molecule has 3 rings (SSSR count). The van der Waals surface area contributed by atoms with Crippen LogP contribution in [-0.4, -0.2) is 47.2 Å². The molecule has 0 unspecified atom stereocenters. The van der Waals surface area contributed by atoms with E-state index in [4.69, 9.17) is 5.73 Å². The molecule has 5 nitrogen and oxygen atoms in total. The number of nitrogens with two attached hydrogens (primary N) is 1. The number of carbonyl (C=O) groups excluding carboxylic acids is 1. The summed E-state index contributed by atoms with van der Waals surface area (Å²) in [6.45, 7) is 1.88. The normalized spacial score (nSPS) is 19.6. The lowest BCUT2D eigenvalue weighted by Gasteiger charge is -2.25. The van der Waals surface area contributed by atoms with E-state index in [9.17, 15) is 9.90 Å². The zero-order valence-electron chi connectivity index (χ0n) is 15.6. The van der Waals surface area contributed by atoms with Crippen molar-refractivity contribution in [2.45, 2.75) is 44.0 Å². The summed E-state index contributed by atoms with van der Waals surface area (Å²) in [4.78, 5) is 14.8. The molecule has 1 aliphatic rings. The summed E-state index contributed by atoms with van der Waals surface area (Å²) in [5, 5.41) is 13.2. The molecule has 1 aliphatic heterocycles. The van der Waals surface area contributed by atoms with E-state index in [-0.39, 0.29) is 18.5 Å². The fourth-order valence-electron chi connectivity index (χ4n) is 3.63. The van der Waals surface area contributed by atoms with Crippen LogP contribution < -0.4 is 11.1 Å². The van der Waals surface area contributed by atoms with Crippen LogP contribution in [0.15, 0.2) is 60.7 Å². The lowest BCUT2D eigenvalue weighted by molar-refractivity contribution is -0.126. The summed E-state index contributed by atoms with van der Waals surface area (Å²) in [6.07, 6.45) is 1.69. The molecule has 0 aliphatic carbocycles. The lowest BCUT2D eigenvalue weighted by Crippen LogP contribution is -2.49. The minimum atomic E-state index is -0.766. The average Bonchev–Trinajstić information content (AvgIpc) is 3.15. The minimum Gasteiger partial charge on any atom is -0.390 e. The molecule has 27 heavy (non-hydrogen) atoms. The highest BCUT2D eigenvalue weighted by molar-refractivity contribution is 5.82. The van der Waals surface area contributed by atoms with Gasteiger partial charge in [0.2, 0.25) is 5.91 Å². The van der Waals surface area contributed by atoms with E-state index >= 15 is 0 Å². The van der Waals surface area contributed by atoms with Gasteiger partial charge in [0.05, 0.1) is 12.1 Å². The maximum atomic E-state index is 12.6. The predicted octanol–water partition coefficient (Wildman–Crippen LogP) is 1.70. The number of carbonyl (C=O) groups is 1. The first kappa shape index (κ1) is 19.5. The second kappa shape index (κ2) is 9.65. The fourth-order valence-corrected chi connectivity index (χ4v) is 3.63. The number of rotatable bonds is 8. The molecule has 0 spiro atoms. The van der Waals surface area contributed by atoms with Gasteiger partial charge in [-0.1, -0.05) is 60.7 Å². The molecule has 144 valence electrons. The van der Waals surface area contributed by atoms with Gasteiger partial charge >= 0.3 is 0 Å². The molecule has 3 atom stereocenters. The topological polar surface area (TPSA) is 78.6 Å². The van der Waals surface area contributed by atoms with Crippen molar-refractivity contribution in [2.24, 2.45) is 5.73 Å². The molecule has 2 aromatic rings. The van der Waals surface area contributed by atoms with Crippen molar-refractivity contribution in [3.05, 3.63) is 71.8 Å². The third-order valence-electron chi connectivity index (χ3n) is 5.19. The Morgan fingerprint density at radius 1 is 1.11 bits per heavy atom. The smallest absolute Gasteiger partial charge is 0.237 e. The van der Waals surface area contributed by atoms with Crippen molar-refractivity contribution in [2.75, 3.05) is 13.1 Å². The molecule has 5 heteroatoms. The summed E-state index contributed by atoms with van der Waals surface area (Å²) in [7, 11) is 0. The number of likely N-dealkylation sites (tertiary alicyclic amines) is 1. The van der Waals surface area contributed by atoms with Gasteiger partial charge in [0.25, 0.3) is 0 Å². The summed E-state index contributed by atoms with van der Waals surface area (Å²) in [6, 6.07) is 19.5. The number of nitrogens with one attached hydrogen (secondary N) is 1. The maximum absolute atomic E-state index is 12.6. The van der Waals surface area contributed by atoms with E-state index in [0.717, 1.165) is 31.5 Å². The van der Waals surface area contributed by atoms with Gasteiger partial charge in [0.15, 0.2) is 0 Å². The van der Waals surface area contributed by atoms with Crippen molar-refractivity contribution in [1.29, 1.82) is 0 Å². The van der Waals surface area contributed by atoms with Gasteiger partial charge < -0.3 is 16.2 Å². The van der Waals surface area contributed by atoms with E-state index in [2.05, 4.69) is 22.3 Å². The molecule has 1 fully saturated rings. The Labute approximate surface area is 161 Å². The highest BCUT2D eigenvalue weighted by Gasteiger charge is 2.31. The van der Waals surface area contributed by atoms with Crippen molar-refractivity contribution >= 4 is 5.91 Å². The molecule has 1 heterocycles. The Kier molecular flexibility index (Phi) is 6.98. The van der Waals surface area contributed by atoms with Gasteiger partial charge in [0, 0.05) is 19.1 Å². The molecular weight excluding hydrogens is 338 g/mol. The SMILES string of the molecule is N[C@@H](Cc1ccccc1)[C@H](O)CNC(=O)[C@@H]1CCCN1Cc1ccccc1. The van der Waals surface area contributed by atoms with Crippen LogP contribution >= 0.6 is 0 Å². The van der Waals surface area contributed by atoms with Crippen LogP contribution in [0.1, 0.15) is 24.0 Å². The van der Waals surface area contributed by atoms with E-state index < -0.39 is 12.1 Å². The highest BCUT2D eigenvalue weighted by atomic mass is 16.3. The second-order valence-electron chi connectivity index (χ2n) is 7.28. The second-order valence-corrected chi connectivity index (χ2v) is 7.28. The Morgan fingerprint density at radius 3 is 2.41 bits per heavy atom. The van der Waals surface area contributed by atoms with Crippen LogP contribution in [0.4, 0.5) is 0 Å². The quantitative estimate of drug-likeness (QED) is 0.664. The van der Waals surface area contributed by atoms with Crippen molar-refractivity contribution in [3.63, 3.8) is 0 Å². The summed E-state index contributed by atoms with van der Waals surface area (Å²) >= 11 is 0. The third-order valence-corrected chi connectivity index (χ3v) is 5.19. The van der Waals surface area contributed by atoms with Crippen LogP contribution in [0.5, 0.6) is 0 Å². The van der Waals surface area contributed by atoms with E-state index in [0.29, 0.717) is 6.42 Å². The summed E-state index contributed by atoms with van der Waals surface area (Å²) in [5.74, 6) is -0.0191. The summed E-state index contributed by atoms with van der Waals surface area (Å²) < 4.78 is 0. The van der Waals surface area contributed by atoms with Gasteiger partial charge in [-0.25, -0.2) is 0 Å². The standard InChI is InChI=1S/C22H29N3O2/c23-19(14-17-8-3-1-4-9-17)21(26)15-24-22(27)20-12-7-13-25(20)16-18-10-5-2-6-11-18/h1-6,8-11,19-21,26H,7,12-16,23H2,(H,24,27)/t19-,20-,21+/m0/s1. The number of aliphatic hydroxyl groups is 1. The van der Waals surface area contributed by atoms with Crippen LogP contribution in [-0.2, 0) is 17.8 Å². The molecule has 1 saturated heterocycles. The first-order valence-electron chi connectivity index (χ1n) is 9.67. The molecule has 2 aromatic carbocycles. The minimum absolute atomic E-state index is 0.0191. The maximum Gasteiger partial charge on any atom is 0.237 e. The zero-order valence-corrected chi connectivity index (χ0v) is 15.6. The Hall–Kier alpha value is -2.21. The van der Waals surface area contributed by atoms with E-state index in [1.54, 1.807) is 0 Å². The highest BCUT2D eigenvalue weighted by Crippen LogP contribution is 2.20. The molecule has 1 amide bonds. The zero-order chi connectivity index (χ0) is 19.1. The first-order chi connectivity index (χ1) is 13.1. The number of nitrogens with zero attached hydrogens (tertiary/aromatic N) is 1. The third kappa shape index (κ3) is 5.63. The molecule has 0 radical (unpaired) electrons.